The first-order chi connectivity index (χ1) is 10.2. The van der Waals surface area contributed by atoms with Crippen LogP contribution < -0.4 is 10.6 Å². The summed E-state index contributed by atoms with van der Waals surface area (Å²) in [4.78, 5) is 12.2. The maximum atomic E-state index is 12.2. The van der Waals surface area contributed by atoms with Gasteiger partial charge in [0.25, 0.3) is 5.91 Å². The summed E-state index contributed by atoms with van der Waals surface area (Å²) in [5, 5.41) is 6.42. The van der Waals surface area contributed by atoms with E-state index < -0.39 is 0 Å². The zero-order valence-electron chi connectivity index (χ0n) is 13.3. The summed E-state index contributed by atoms with van der Waals surface area (Å²) >= 11 is 0. The fraction of sp³-hybridized carbons (Fsp3) is 0.611. The van der Waals surface area contributed by atoms with E-state index in [1.807, 2.05) is 24.3 Å². The third-order valence-electron chi connectivity index (χ3n) is 4.54. The lowest BCUT2D eigenvalue weighted by atomic mass is 9.80. The van der Waals surface area contributed by atoms with E-state index in [2.05, 4.69) is 24.5 Å². The highest BCUT2D eigenvalue weighted by Crippen LogP contribution is 2.28. The standard InChI is InChI=1S/C18H28N2O/c1-3-12-19-17-10-8-15(9-11-17)18(21)20-13-16-7-5-4-6-14(16)2/h8-11,14,16,19H,3-7,12-13H2,1-2H3,(H,20,21). The normalized spacial score (nSPS) is 21.8. The number of nitrogens with one attached hydrogen (secondary N) is 2. The minimum absolute atomic E-state index is 0.0508. The summed E-state index contributed by atoms with van der Waals surface area (Å²) in [7, 11) is 0. The average Bonchev–Trinajstić information content (AvgIpc) is 2.52. The van der Waals surface area contributed by atoms with Crippen molar-refractivity contribution < 1.29 is 4.79 Å². The summed E-state index contributed by atoms with van der Waals surface area (Å²) in [6, 6.07) is 7.76. The van der Waals surface area contributed by atoms with Gasteiger partial charge in [0.1, 0.15) is 0 Å². The summed E-state index contributed by atoms with van der Waals surface area (Å²) in [5.41, 5.74) is 1.83. The molecule has 1 fully saturated rings. The molecule has 2 N–H and O–H groups in total. The first kappa shape index (κ1) is 15.9. The number of anilines is 1. The van der Waals surface area contributed by atoms with Gasteiger partial charge in [0.2, 0.25) is 0 Å². The lowest BCUT2D eigenvalue weighted by Gasteiger charge is -2.28. The molecule has 0 heterocycles. The van der Waals surface area contributed by atoms with Crippen LogP contribution in [0, 0.1) is 11.8 Å². The molecule has 2 atom stereocenters. The van der Waals surface area contributed by atoms with Crippen molar-refractivity contribution in [2.45, 2.75) is 46.0 Å². The van der Waals surface area contributed by atoms with Gasteiger partial charge in [-0.2, -0.15) is 0 Å². The monoisotopic (exact) mass is 288 g/mol. The van der Waals surface area contributed by atoms with Gasteiger partial charge < -0.3 is 10.6 Å². The van der Waals surface area contributed by atoms with Crippen LogP contribution in [-0.4, -0.2) is 19.0 Å². The van der Waals surface area contributed by atoms with Crippen LogP contribution in [0.1, 0.15) is 56.3 Å². The Morgan fingerprint density at radius 1 is 1.19 bits per heavy atom. The highest BCUT2D eigenvalue weighted by molar-refractivity contribution is 5.94. The van der Waals surface area contributed by atoms with Crippen LogP contribution in [0.15, 0.2) is 24.3 Å². The van der Waals surface area contributed by atoms with Crippen molar-refractivity contribution >= 4 is 11.6 Å². The summed E-state index contributed by atoms with van der Waals surface area (Å²) < 4.78 is 0. The minimum atomic E-state index is 0.0508. The van der Waals surface area contributed by atoms with Gasteiger partial charge in [-0.1, -0.05) is 33.1 Å². The zero-order valence-corrected chi connectivity index (χ0v) is 13.3. The molecule has 2 unspecified atom stereocenters. The molecular formula is C18H28N2O. The molecule has 21 heavy (non-hydrogen) atoms. The molecule has 2 rings (SSSR count). The Morgan fingerprint density at radius 3 is 2.57 bits per heavy atom. The van der Waals surface area contributed by atoms with Gasteiger partial charge in [-0.05, 0) is 48.9 Å². The van der Waals surface area contributed by atoms with Crippen molar-refractivity contribution in [2.75, 3.05) is 18.4 Å². The Bertz CT molecular complexity index is 441. The molecule has 3 nitrogen and oxygen atoms in total. The Hall–Kier alpha value is -1.51. The van der Waals surface area contributed by atoms with Crippen molar-refractivity contribution in [3.8, 4) is 0 Å². The largest absolute Gasteiger partial charge is 0.385 e. The number of carbonyl (C=O) groups excluding carboxylic acids is 1. The molecule has 1 aliphatic rings. The van der Waals surface area contributed by atoms with E-state index in [0.29, 0.717) is 5.92 Å². The predicted octanol–water partition coefficient (Wildman–Crippen LogP) is 4.06. The van der Waals surface area contributed by atoms with Gasteiger partial charge >= 0.3 is 0 Å². The average molecular weight is 288 g/mol. The van der Waals surface area contributed by atoms with E-state index in [0.717, 1.165) is 36.7 Å². The third-order valence-corrected chi connectivity index (χ3v) is 4.54. The van der Waals surface area contributed by atoms with Crippen molar-refractivity contribution in [1.82, 2.24) is 5.32 Å². The van der Waals surface area contributed by atoms with Crippen LogP contribution in [0.25, 0.3) is 0 Å². The van der Waals surface area contributed by atoms with Crippen LogP contribution in [0.3, 0.4) is 0 Å². The molecule has 0 spiro atoms. The molecule has 116 valence electrons. The molecule has 0 bridgehead atoms. The van der Waals surface area contributed by atoms with Crippen molar-refractivity contribution in [2.24, 2.45) is 11.8 Å². The highest BCUT2D eigenvalue weighted by Gasteiger charge is 2.21. The van der Waals surface area contributed by atoms with Crippen molar-refractivity contribution in [3.05, 3.63) is 29.8 Å². The van der Waals surface area contributed by atoms with Crippen LogP contribution in [0.4, 0.5) is 5.69 Å². The molecule has 0 aliphatic heterocycles. The van der Waals surface area contributed by atoms with Crippen molar-refractivity contribution in [1.29, 1.82) is 0 Å². The smallest absolute Gasteiger partial charge is 0.251 e. The van der Waals surface area contributed by atoms with Gasteiger partial charge in [0, 0.05) is 24.3 Å². The van der Waals surface area contributed by atoms with Crippen LogP contribution in [-0.2, 0) is 0 Å². The topological polar surface area (TPSA) is 41.1 Å². The van der Waals surface area contributed by atoms with Gasteiger partial charge in [-0.25, -0.2) is 0 Å². The first-order valence-electron chi connectivity index (χ1n) is 8.33. The number of hydrogen-bond acceptors (Lipinski definition) is 2. The summed E-state index contributed by atoms with van der Waals surface area (Å²) in [6.07, 6.45) is 6.31. The molecule has 1 saturated carbocycles. The molecule has 3 heteroatoms. The van der Waals surface area contributed by atoms with Gasteiger partial charge in [-0.15, -0.1) is 0 Å². The SMILES string of the molecule is CCCNc1ccc(C(=O)NCC2CCCCC2C)cc1. The first-order valence-corrected chi connectivity index (χ1v) is 8.33. The maximum absolute atomic E-state index is 12.2. The second-order valence-electron chi connectivity index (χ2n) is 6.24. The maximum Gasteiger partial charge on any atom is 0.251 e. The zero-order chi connectivity index (χ0) is 15.1. The molecule has 0 saturated heterocycles. The second-order valence-corrected chi connectivity index (χ2v) is 6.24. The summed E-state index contributed by atoms with van der Waals surface area (Å²) in [5.74, 6) is 1.43. The molecule has 0 radical (unpaired) electrons. The number of hydrogen-bond donors (Lipinski definition) is 2. The quantitative estimate of drug-likeness (QED) is 0.828. The fourth-order valence-corrected chi connectivity index (χ4v) is 3.03. The Labute approximate surface area is 128 Å². The predicted molar refractivity (Wildman–Crippen MR) is 88.7 cm³/mol. The fourth-order valence-electron chi connectivity index (χ4n) is 3.03. The van der Waals surface area contributed by atoms with E-state index in [1.165, 1.54) is 25.7 Å². The minimum Gasteiger partial charge on any atom is -0.385 e. The van der Waals surface area contributed by atoms with Gasteiger partial charge in [0.15, 0.2) is 0 Å². The van der Waals surface area contributed by atoms with Crippen LogP contribution in [0.2, 0.25) is 0 Å². The van der Waals surface area contributed by atoms with Crippen LogP contribution in [0.5, 0.6) is 0 Å². The lowest BCUT2D eigenvalue weighted by Crippen LogP contribution is -2.33. The molecule has 1 aliphatic carbocycles. The van der Waals surface area contributed by atoms with E-state index in [9.17, 15) is 4.79 Å². The third kappa shape index (κ3) is 4.76. The second kappa shape index (κ2) is 8.06. The molecule has 1 aromatic rings. The van der Waals surface area contributed by atoms with Gasteiger partial charge in [-0.3, -0.25) is 4.79 Å². The van der Waals surface area contributed by atoms with E-state index >= 15 is 0 Å². The highest BCUT2D eigenvalue weighted by atomic mass is 16.1. The van der Waals surface area contributed by atoms with Crippen molar-refractivity contribution in [3.63, 3.8) is 0 Å². The number of rotatable bonds is 6. The van der Waals surface area contributed by atoms with E-state index in [-0.39, 0.29) is 5.91 Å². The molecule has 0 aromatic heterocycles. The Morgan fingerprint density at radius 2 is 1.90 bits per heavy atom. The Balaban J connectivity index is 1.82. The lowest BCUT2D eigenvalue weighted by molar-refractivity contribution is 0.0936. The van der Waals surface area contributed by atoms with E-state index in [1.54, 1.807) is 0 Å². The van der Waals surface area contributed by atoms with Crippen LogP contribution >= 0.6 is 0 Å². The molecule has 1 amide bonds. The molecular weight excluding hydrogens is 260 g/mol. The number of benzene rings is 1. The Kier molecular flexibility index (Phi) is 6.09. The van der Waals surface area contributed by atoms with E-state index in [4.69, 9.17) is 0 Å². The number of carbonyl (C=O) groups is 1. The van der Waals surface area contributed by atoms with Gasteiger partial charge in [0.05, 0.1) is 0 Å². The number of amides is 1. The summed E-state index contributed by atoms with van der Waals surface area (Å²) in [6.45, 7) is 6.23. The molecule has 1 aromatic carbocycles.